The van der Waals surface area contributed by atoms with Crippen molar-refractivity contribution in [3.05, 3.63) is 36.2 Å². The Morgan fingerprint density at radius 2 is 2.29 bits per heavy atom. The zero-order valence-electron chi connectivity index (χ0n) is 13.1. The minimum atomic E-state index is -0.127. The van der Waals surface area contributed by atoms with E-state index in [-0.39, 0.29) is 23.1 Å². The molecule has 1 amide bonds. The van der Waals surface area contributed by atoms with Crippen molar-refractivity contribution in [2.75, 3.05) is 13.1 Å². The molecule has 24 heavy (non-hydrogen) atoms. The molecular formula is C17H17N5O2. The highest BCUT2D eigenvalue weighted by molar-refractivity contribution is 5.92. The van der Waals surface area contributed by atoms with Crippen molar-refractivity contribution < 1.29 is 9.32 Å². The Labute approximate surface area is 139 Å². The SMILES string of the molecule is N#CN[C@H]1C[C@@]2(CCN(C(=O)c3cc(-c4ccccn4)no3)C2)C1. The van der Waals surface area contributed by atoms with E-state index >= 15 is 0 Å². The number of pyridine rings is 1. The molecule has 1 saturated heterocycles. The summed E-state index contributed by atoms with van der Waals surface area (Å²) in [5.74, 6) is 0.122. The molecule has 0 atom stereocenters. The largest absolute Gasteiger partial charge is 0.350 e. The van der Waals surface area contributed by atoms with Crippen LogP contribution in [0.4, 0.5) is 0 Å². The van der Waals surface area contributed by atoms with Gasteiger partial charge in [-0.05, 0) is 36.8 Å². The Kier molecular flexibility index (Phi) is 3.45. The van der Waals surface area contributed by atoms with Gasteiger partial charge in [-0.15, -0.1) is 0 Å². The maximum Gasteiger partial charge on any atom is 0.292 e. The van der Waals surface area contributed by atoms with Gasteiger partial charge in [0, 0.05) is 31.4 Å². The zero-order chi connectivity index (χ0) is 16.6. The molecule has 4 rings (SSSR count). The van der Waals surface area contributed by atoms with E-state index < -0.39 is 0 Å². The van der Waals surface area contributed by atoms with E-state index in [1.54, 1.807) is 12.3 Å². The molecule has 0 bridgehead atoms. The van der Waals surface area contributed by atoms with Crippen LogP contribution in [0.3, 0.4) is 0 Å². The molecule has 2 fully saturated rings. The van der Waals surface area contributed by atoms with E-state index in [2.05, 4.69) is 15.5 Å². The van der Waals surface area contributed by atoms with Crippen LogP contribution < -0.4 is 5.32 Å². The maximum absolute atomic E-state index is 12.6. The van der Waals surface area contributed by atoms with Gasteiger partial charge in [-0.25, -0.2) is 0 Å². The van der Waals surface area contributed by atoms with Gasteiger partial charge in [-0.3, -0.25) is 9.78 Å². The first kappa shape index (κ1) is 14.7. The Morgan fingerprint density at radius 1 is 1.42 bits per heavy atom. The van der Waals surface area contributed by atoms with Gasteiger partial charge in [0.25, 0.3) is 5.91 Å². The lowest BCUT2D eigenvalue weighted by Crippen LogP contribution is -2.49. The lowest BCUT2D eigenvalue weighted by molar-refractivity contribution is 0.0646. The molecule has 1 N–H and O–H groups in total. The molecule has 1 aliphatic carbocycles. The fourth-order valence-electron chi connectivity index (χ4n) is 3.79. The summed E-state index contributed by atoms with van der Waals surface area (Å²) in [6.45, 7) is 1.44. The number of nitriles is 1. The molecular weight excluding hydrogens is 306 g/mol. The summed E-state index contributed by atoms with van der Waals surface area (Å²) in [6, 6.07) is 7.42. The molecule has 0 radical (unpaired) electrons. The van der Waals surface area contributed by atoms with E-state index in [4.69, 9.17) is 9.78 Å². The Hall–Kier alpha value is -2.88. The molecule has 0 unspecified atom stereocenters. The topological polar surface area (TPSA) is 95.1 Å². The smallest absolute Gasteiger partial charge is 0.292 e. The third-order valence-corrected chi connectivity index (χ3v) is 5.00. The summed E-state index contributed by atoms with van der Waals surface area (Å²) >= 11 is 0. The number of aromatic nitrogens is 2. The van der Waals surface area contributed by atoms with Crippen LogP contribution in [0, 0.1) is 16.9 Å². The molecule has 3 heterocycles. The predicted octanol–water partition coefficient (Wildman–Crippen LogP) is 1.80. The first-order chi connectivity index (χ1) is 11.7. The van der Waals surface area contributed by atoms with Crippen LogP contribution in [0.25, 0.3) is 11.4 Å². The van der Waals surface area contributed by atoms with Gasteiger partial charge in [-0.1, -0.05) is 11.2 Å². The molecule has 2 aliphatic rings. The molecule has 7 nitrogen and oxygen atoms in total. The van der Waals surface area contributed by atoms with Crippen LogP contribution in [-0.2, 0) is 0 Å². The van der Waals surface area contributed by atoms with Crippen molar-refractivity contribution in [1.82, 2.24) is 20.4 Å². The standard InChI is InChI=1S/C17H17N5O2/c18-11-20-12-8-17(9-12)4-6-22(10-17)16(23)15-7-14(21-24-15)13-3-1-2-5-19-13/h1-3,5,7,12,20H,4,6,8-10H2/t12-,17-. The van der Waals surface area contributed by atoms with Gasteiger partial charge in [-0.2, -0.15) is 5.26 Å². The number of hydrogen-bond donors (Lipinski definition) is 1. The molecule has 122 valence electrons. The number of rotatable bonds is 3. The Balaban J connectivity index is 1.43. The van der Waals surface area contributed by atoms with Crippen molar-refractivity contribution in [3.8, 4) is 17.6 Å². The average Bonchev–Trinajstić information content (AvgIpc) is 3.23. The first-order valence-corrected chi connectivity index (χ1v) is 8.01. The predicted molar refractivity (Wildman–Crippen MR) is 84.5 cm³/mol. The quantitative estimate of drug-likeness (QED) is 0.683. The number of likely N-dealkylation sites (tertiary alicyclic amines) is 1. The molecule has 1 saturated carbocycles. The van der Waals surface area contributed by atoms with Gasteiger partial charge < -0.3 is 14.7 Å². The van der Waals surface area contributed by atoms with Crippen LogP contribution >= 0.6 is 0 Å². The van der Waals surface area contributed by atoms with Crippen LogP contribution in [0.15, 0.2) is 35.0 Å². The van der Waals surface area contributed by atoms with Crippen molar-refractivity contribution in [1.29, 1.82) is 5.26 Å². The molecule has 1 aliphatic heterocycles. The molecule has 2 aromatic heterocycles. The first-order valence-electron chi connectivity index (χ1n) is 8.01. The average molecular weight is 323 g/mol. The molecule has 1 spiro atoms. The van der Waals surface area contributed by atoms with Gasteiger partial charge in [0.1, 0.15) is 5.69 Å². The van der Waals surface area contributed by atoms with Gasteiger partial charge >= 0.3 is 0 Å². The lowest BCUT2D eigenvalue weighted by Gasteiger charge is -2.44. The number of carbonyl (C=O) groups excluding carboxylic acids is 1. The van der Waals surface area contributed by atoms with Crippen LogP contribution in [-0.4, -0.2) is 40.1 Å². The Bertz CT molecular complexity index is 789. The summed E-state index contributed by atoms with van der Waals surface area (Å²) in [5.41, 5.74) is 1.41. The monoisotopic (exact) mass is 323 g/mol. The van der Waals surface area contributed by atoms with Crippen molar-refractivity contribution in [2.45, 2.75) is 25.3 Å². The second kappa shape index (κ2) is 5.64. The minimum absolute atomic E-state index is 0.127. The van der Waals surface area contributed by atoms with Crippen molar-refractivity contribution in [3.63, 3.8) is 0 Å². The normalized spacial score (nSPS) is 25.3. The van der Waals surface area contributed by atoms with Crippen molar-refractivity contribution >= 4 is 5.91 Å². The summed E-state index contributed by atoms with van der Waals surface area (Å²) in [7, 11) is 0. The van der Waals surface area contributed by atoms with Crippen molar-refractivity contribution in [2.24, 2.45) is 5.41 Å². The summed E-state index contributed by atoms with van der Waals surface area (Å²) in [6.07, 6.45) is 6.54. The highest BCUT2D eigenvalue weighted by Crippen LogP contribution is 2.48. The summed E-state index contributed by atoms with van der Waals surface area (Å²) < 4.78 is 5.24. The van der Waals surface area contributed by atoms with E-state index in [1.165, 1.54) is 0 Å². The van der Waals surface area contributed by atoms with Gasteiger partial charge in [0.05, 0.1) is 5.69 Å². The van der Waals surface area contributed by atoms with Crippen LogP contribution in [0.2, 0.25) is 0 Å². The molecule has 2 aromatic rings. The number of amides is 1. The molecule has 0 aromatic carbocycles. The third kappa shape index (κ3) is 2.50. The third-order valence-electron chi connectivity index (χ3n) is 5.00. The lowest BCUT2D eigenvalue weighted by atomic mass is 9.65. The minimum Gasteiger partial charge on any atom is -0.350 e. The van der Waals surface area contributed by atoms with Crippen LogP contribution in [0.1, 0.15) is 29.8 Å². The Morgan fingerprint density at radius 3 is 3.04 bits per heavy atom. The zero-order valence-corrected chi connectivity index (χ0v) is 13.1. The van der Waals surface area contributed by atoms with E-state index in [1.807, 2.05) is 29.3 Å². The number of carbonyl (C=O) groups is 1. The summed E-state index contributed by atoms with van der Waals surface area (Å²) in [4.78, 5) is 18.7. The van der Waals surface area contributed by atoms with Crippen LogP contribution in [0.5, 0.6) is 0 Å². The highest BCUT2D eigenvalue weighted by atomic mass is 16.5. The van der Waals surface area contributed by atoms with Gasteiger partial charge in [0.15, 0.2) is 6.19 Å². The summed E-state index contributed by atoms with van der Waals surface area (Å²) in [5, 5.41) is 15.4. The van der Waals surface area contributed by atoms with Gasteiger partial charge in [0.2, 0.25) is 5.76 Å². The number of hydrogen-bond acceptors (Lipinski definition) is 6. The maximum atomic E-state index is 12.6. The number of nitrogens with zero attached hydrogens (tertiary/aromatic N) is 4. The van der Waals surface area contributed by atoms with E-state index in [9.17, 15) is 4.79 Å². The highest BCUT2D eigenvalue weighted by Gasteiger charge is 2.49. The number of nitrogens with one attached hydrogen (secondary N) is 1. The van der Waals surface area contributed by atoms with E-state index in [0.717, 1.165) is 32.4 Å². The molecule has 7 heteroatoms. The second-order valence-electron chi connectivity index (χ2n) is 6.63. The fraction of sp³-hybridized carbons (Fsp3) is 0.412. The fourth-order valence-corrected chi connectivity index (χ4v) is 3.79. The van der Waals surface area contributed by atoms with E-state index in [0.29, 0.717) is 11.4 Å². The second-order valence-corrected chi connectivity index (χ2v) is 6.63.